The van der Waals surface area contributed by atoms with Gasteiger partial charge in [0.1, 0.15) is 22.2 Å². The molecule has 2 aromatic heterocycles. The summed E-state index contributed by atoms with van der Waals surface area (Å²) in [5, 5.41) is 23.8. The van der Waals surface area contributed by atoms with Crippen LogP contribution in [0.3, 0.4) is 0 Å². The highest BCUT2D eigenvalue weighted by atomic mass is 32.2. The molecule has 182 valence electrons. The van der Waals surface area contributed by atoms with Crippen LogP contribution < -0.4 is 5.32 Å². The van der Waals surface area contributed by atoms with Crippen LogP contribution in [0.2, 0.25) is 0 Å². The number of amides is 1. The average molecular weight is 513 g/mol. The minimum Gasteiger partial charge on any atom is -0.317 e. The van der Waals surface area contributed by atoms with Crippen LogP contribution in [-0.2, 0) is 30.5 Å². The van der Waals surface area contributed by atoms with Crippen molar-refractivity contribution in [2.75, 3.05) is 11.1 Å². The standard InChI is InChI=1S/C29H28N4OS2/c1-18-7-9-23-24(17-31)29(36-26(23)13-18)33-27(34)11-12-35-28-22(16-30)15-21-14-20(8-10-25(21)32-28)19-5-3-2-4-6-19/h2-6,15,18,20H,7-14H2,1H3,(H,33,34). The lowest BCUT2D eigenvalue weighted by molar-refractivity contribution is -0.115. The van der Waals surface area contributed by atoms with Crippen LogP contribution >= 0.6 is 23.1 Å². The van der Waals surface area contributed by atoms with Gasteiger partial charge in [0.2, 0.25) is 5.91 Å². The minimum atomic E-state index is -0.104. The third kappa shape index (κ3) is 5.19. The van der Waals surface area contributed by atoms with Crippen LogP contribution in [0.1, 0.15) is 70.5 Å². The van der Waals surface area contributed by atoms with E-state index in [0.29, 0.717) is 45.2 Å². The number of hydrogen-bond acceptors (Lipinski definition) is 6. The summed E-state index contributed by atoms with van der Waals surface area (Å²) in [5.41, 5.74) is 5.92. The molecule has 2 atom stereocenters. The molecule has 2 heterocycles. The number of pyridine rings is 1. The Labute approximate surface area is 220 Å². The van der Waals surface area contributed by atoms with Gasteiger partial charge in [0, 0.05) is 22.7 Å². The number of fused-ring (bicyclic) bond motifs is 2. The number of benzene rings is 1. The Morgan fingerprint density at radius 1 is 1.17 bits per heavy atom. The van der Waals surface area contributed by atoms with Crippen LogP contribution in [0.4, 0.5) is 5.00 Å². The third-order valence-electron chi connectivity index (χ3n) is 7.19. The topological polar surface area (TPSA) is 89.6 Å². The van der Waals surface area contributed by atoms with E-state index in [9.17, 15) is 15.3 Å². The van der Waals surface area contributed by atoms with Crippen LogP contribution in [-0.4, -0.2) is 16.6 Å². The van der Waals surface area contributed by atoms with E-state index in [4.69, 9.17) is 4.98 Å². The molecule has 0 saturated heterocycles. The highest BCUT2D eigenvalue weighted by molar-refractivity contribution is 7.99. The predicted octanol–water partition coefficient (Wildman–Crippen LogP) is 6.40. The summed E-state index contributed by atoms with van der Waals surface area (Å²) in [5.74, 6) is 1.50. The molecule has 3 aromatic rings. The monoisotopic (exact) mass is 512 g/mol. The van der Waals surface area contributed by atoms with Crippen molar-refractivity contribution in [2.24, 2.45) is 5.92 Å². The summed E-state index contributed by atoms with van der Waals surface area (Å²) in [6.07, 6.45) is 6.13. The van der Waals surface area contributed by atoms with Crippen LogP contribution in [0.5, 0.6) is 0 Å². The van der Waals surface area contributed by atoms with E-state index < -0.39 is 0 Å². The second-order valence-electron chi connectivity index (χ2n) is 9.72. The van der Waals surface area contributed by atoms with Crippen molar-refractivity contribution in [2.45, 2.75) is 62.8 Å². The van der Waals surface area contributed by atoms with Gasteiger partial charge in [-0.3, -0.25) is 4.79 Å². The maximum absolute atomic E-state index is 12.7. The molecule has 0 radical (unpaired) electrons. The molecule has 36 heavy (non-hydrogen) atoms. The molecule has 2 unspecified atom stereocenters. The van der Waals surface area contributed by atoms with Gasteiger partial charge in [-0.15, -0.1) is 23.1 Å². The van der Waals surface area contributed by atoms with E-state index in [1.54, 1.807) is 11.3 Å². The lowest BCUT2D eigenvalue weighted by atomic mass is 9.82. The zero-order chi connectivity index (χ0) is 25.1. The molecule has 5 rings (SSSR count). The molecule has 0 bridgehead atoms. The summed E-state index contributed by atoms with van der Waals surface area (Å²) in [6.45, 7) is 2.23. The molecule has 0 saturated carbocycles. The predicted molar refractivity (Wildman–Crippen MR) is 144 cm³/mol. The number of thiophene rings is 1. The van der Waals surface area contributed by atoms with Gasteiger partial charge in [-0.1, -0.05) is 37.3 Å². The molecular formula is C29H28N4OS2. The first-order chi connectivity index (χ1) is 17.6. The number of thioether (sulfide) groups is 1. The Hall–Kier alpha value is -3.13. The summed E-state index contributed by atoms with van der Waals surface area (Å²) in [4.78, 5) is 18.8. The number of rotatable bonds is 6. The molecule has 0 fully saturated rings. The quantitative estimate of drug-likeness (QED) is 0.386. The van der Waals surface area contributed by atoms with E-state index in [1.807, 2.05) is 12.1 Å². The lowest BCUT2D eigenvalue weighted by Gasteiger charge is -2.25. The average Bonchev–Trinajstić information content (AvgIpc) is 3.24. The van der Waals surface area contributed by atoms with Crippen molar-refractivity contribution >= 4 is 34.0 Å². The first-order valence-corrected chi connectivity index (χ1v) is 14.3. The Morgan fingerprint density at radius 2 is 2.00 bits per heavy atom. The van der Waals surface area contributed by atoms with Crippen LogP contribution in [0, 0.1) is 28.6 Å². The Kier molecular flexibility index (Phi) is 7.41. The van der Waals surface area contributed by atoms with Gasteiger partial charge in [-0.2, -0.15) is 10.5 Å². The molecule has 5 nitrogen and oxygen atoms in total. The number of carbonyl (C=O) groups excluding carboxylic acids is 1. The van der Waals surface area contributed by atoms with Crippen molar-refractivity contribution in [3.05, 3.63) is 74.8 Å². The highest BCUT2D eigenvalue weighted by Gasteiger charge is 2.25. The fraction of sp³-hybridized carbons (Fsp3) is 0.379. The fourth-order valence-electron chi connectivity index (χ4n) is 5.23. The van der Waals surface area contributed by atoms with Gasteiger partial charge in [-0.25, -0.2) is 4.98 Å². The number of carbonyl (C=O) groups is 1. The van der Waals surface area contributed by atoms with E-state index in [-0.39, 0.29) is 5.91 Å². The summed E-state index contributed by atoms with van der Waals surface area (Å²) in [6, 6.07) is 17.2. The molecule has 1 aromatic carbocycles. The van der Waals surface area contributed by atoms with Gasteiger partial charge in [0.15, 0.2) is 0 Å². The molecule has 2 aliphatic rings. The molecular weight excluding hydrogens is 484 g/mol. The maximum Gasteiger partial charge on any atom is 0.225 e. The molecule has 7 heteroatoms. The van der Waals surface area contributed by atoms with Gasteiger partial charge >= 0.3 is 0 Å². The second-order valence-corrected chi connectivity index (χ2v) is 11.9. The third-order valence-corrected chi connectivity index (χ3v) is 9.35. The number of hydrogen-bond donors (Lipinski definition) is 1. The number of nitriles is 2. The number of nitrogens with zero attached hydrogens (tertiary/aromatic N) is 3. The molecule has 1 N–H and O–H groups in total. The van der Waals surface area contributed by atoms with E-state index in [1.165, 1.54) is 22.2 Å². The number of aromatic nitrogens is 1. The van der Waals surface area contributed by atoms with Crippen molar-refractivity contribution in [3.63, 3.8) is 0 Å². The summed E-state index contributed by atoms with van der Waals surface area (Å²) < 4.78 is 0. The minimum absolute atomic E-state index is 0.104. The lowest BCUT2D eigenvalue weighted by Crippen LogP contribution is -2.15. The van der Waals surface area contributed by atoms with E-state index >= 15 is 0 Å². The molecule has 1 amide bonds. The Bertz CT molecular complexity index is 1370. The van der Waals surface area contributed by atoms with Crippen molar-refractivity contribution in [1.82, 2.24) is 4.98 Å². The first kappa shape index (κ1) is 24.6. The zero-order valence-corrected chi connectivity index (χ0v) is 22.0. The normalized spacial score (nSPS) is 18.4. The SMILES string of the molecule is CC1CCc2c(sc(NC(=O)CCSc3nc4c(cc3C#N)CC(c3ccccc3)CC4)c2C#N)C1. The first-order valence-electron chi connectivity index (χ1n) is 12.5. The summed E-state index contributed by atoms with van der Waals surface area (Å²) in [7, 11) is 0. The Balaban J connectivity index is 1.21. The van der Waals surface area contributed by atoms with Crippen LogP contribution in [0.25, 0.3) is 0 Å². The largest absolute Gasteiger partial charge is 0.317 e. The number of anilines is 1. The van der Waals surface area contributed by atoms with E-state index in [0.717, 1.165) is 55.3 Å². The van der Waals surface area contributed by atoms with Gasteiger partial charge in [-0.05, 0) is 73.1 Å². The van der Waals surface area contributed by atoms with Gasteiger partial charge in [0.05, 0.1) is 11.1 Å². The fourth-order valence-corrected chi connectivity index (χ4v) is 7.53. The molecule has 0 spiro atoms. The number of aryl methyl sites for hydroxylation is 1. The Morgan fingerprint density at radius 3 is 2.78 bits per heavy atom. The maximum atomic E-state index is 12.7. The van der Waals surface area contributed by atoms with Crippen molar-refractivity contribution in [1.29, 1.82) is 10.5 Å². The summed E-state index contributed by atoms with van der Waals surface area (Å²) >= 11 is 3.01. The molecule has 2 aliphatic carbocycles. The second kappa shape index (κ2) is 10.9. The smallest absolute Gasteiger partial charge is 0.225 e. The van der Waals surface area contributed by atoms with E-state index in [2.05, 4.69) is 48.6 Å². The zero-order valence-electron chi connectivity index (χ0n) is 20.3. The highest BCUT2D eigenvalue weighted by Crippen LogP contribution is 2.39. The number of nitrogens with one attached hydrogen (secondary N) is 1. The van der Waals surface area contributed by atoms with Crippen molar-refractivity contribution in [3.8, 4) is 12.1 Å². The van der Waals surface area contributed by atoms with Crippen molar-refractivity contribution < 1.29 is 4.79 Å². The van der Waals surface area contributed by atoms with Crippen LogP contribution in [0.15, 0.2) is 41.4 Å². The van der Waals surface area contributed by atoms with Gasteiger partial charge < -0.3 is 5.32 Å². The van der Waals surface area contributed by atoms with Gasteiger partial charge in [0.25, 0.3) is 0 Å². The molecule has 0 aliphatic heterocycles.